The summed E-state index contributed by atoms with van der Waals surface area (Å²) in [5.41, 5.74) is 2.12. The lowest BCUT2D eigenvalue weighted by Gasteiger charge is -2.37. The van der Waals surface area contributed by atoms with Crippen molar-refractivity contribution in [3.05, 3.63) is 60.7 Å². The summed E-state index contributed by atoms with van der Waals surface area (Å²) >= 11 is 18.8. The molecular weight excluding hydrogens is 327 g/mol. The molecule has 0 spiro atoms. The summed E-state index contributed by atoms with van der Waals surface area (Å²) in [5.74, 6) is 0. The van der Waals surface area contributed by atoms with E-state index in [1.54, 1.807) is 0 Å². The zero-order valence-corrected chi connectivity index (χ0v) is 13.6. The van der Waals surface area contributed by atoms with Crippen molar-refractivity contribution in [2.75, 3.05) is 22.9 Å². The van der Waals surface area contributed by atoms with E-state index >= 15 is 0 Å². The summed E-state index contributed by atoms with van der Waals surface area (Å²) in [6.45, 7) is 1.63. The molecule has 1 heterocycles. The standard InChI is InChI=1S/C16H15Cl3N2/c17-16(18,19)15-20(13-7-3-1-4-8-13)11-12-21(15)14-9-5-2-6-10-14/h1-10,15H,11-12H2. The summed E-state index contributed by atoms with van der Waals surface area (Å²) in [5, 5.41) is 0. The topological polar surface area (TPSA) is 6.48 Å². The number of hydrogen-bond acceptors (Lipinski definition) is 2. The molecule has 1 saturated heterocycles. The number of alkyl halides is 3. The first-order chi connectivity index (χ1) is 10.1. The second kappa shape index (κ2) is 5.96. The Morgan fingerprint density at radius 3 is 1.43 bits per heavy atom. The van der Waals surface area contributed by atoms with Gasteiger partial charge >= 0.3 is 0 Å². The molecule has 1 aliphatic rings. The summed E-state index contributed by atoms with van der Waals surface area (Å²) in [6, 6.07) is 20.1. The Morgan fingerprint density at radius 2 is 1.10 bits per heavy atom. The van der Waals surface area contributed by atoms with Crippen LogP contribution >= 0.6 is 34.8 Å². The molecule has 0 N–H and O–H groups in total. The second-order valence-electron chi connectivity index (χ2n) is 4.97. The predicted molar refractivity (Wildman–Crippen MR) is 91.7 cm³/mol. The maximum atomic E-state index is 6.28. The normalized spacial score (nSPS) is 16.5. The van der Waals surface area contributed by atoms with Crippen molar-refractivity contribution in [3.8, 4) is 0 Å². The maximum Gasteiger partial charge on any atom is 0.228 e. The van der Waals surface area contributed by atoms with Crippen LogP contribution in [0.5, 0.6) is 0 Å². The quantitative estimate of drug-likeness (QED) is 0.730. The van der Waals surface area contributed by atoms with E-state index in [4.69, 9.17) is 34.8 Å². The van der Waals surface area contributed by atoms with E-state index in [1.165, 1.54) is 0 Å². The fraction of sp³-hybridized carbons (Fsp3) is 0.250. The van der Waals surface area contributed by atoms with Crippen molar-refractivity contribution in [1.82, 2.24) is 0 Å². The van der Waals surface area contributed by atoms with Crippen LogP contribution in [-0.4, -0.2) is 23.0 Å². The first kappa shape index (κ1) is 14.8. The number of nitrogens with zero attached hydrogens (tertiary/aromatic N) is 2. The van der Waals surface area contributed by atoms with Crippen LogP contribution in [0.25, 0.3) is 0 Å². The van der Waals surface area contributed by atoms with E-state index in [0.717, 1.165) is 24.5 Å². The van der Waals surface area contributed by atoms with Gasteiger partial charge in [0.2, 0.25) is 3.79 Å². The SMILES string of the molecule is ClC(Cl)(Cl)C1N(c2ccccc2)CCN1c1ccccc1. The minimum atomic E-state index is -1.40. The predicted octanol–water partition coefficient (Wildman–Crippen LogP) is 4.71. The van der Waals surface area contributed by atoms with Crippen molar-refractivity contribution in [2.45, 2.75) is 9.96 Å². The summed E-state index contributed by atoms with van der Waals surface area (Å²) in [7, 11) is 0. The minimum absolute atomic E-state index is 0.327. The van der Waals surface area contributed by atoms with Gasteiger partial charge in [0, 0.05) is 24.5 Å². The Kier molecular flexibility index (Phi) is 4.21. The molecule has 3 rings (SSSR count). The number of rotatable bonds is 2. The molecule has 0 bridgehead atoms. The molecule has 2 nitrogen and oxygen atoms in total. The molecule has 110 valence electrons. The zero-order chi connectivity index (χ0) is 14.9. The smallest absolute Gasteiger partial charge is 0.228 e. The molecule has 2 aromatic rings. The van der Waals surface area contributed by atoms with E-state index in [9.17, 15) is 0 Å². The average Bonchev–Trinajstić information content (AvgIpc) is 2.94. The molecule has 1 aliphatic heterocycles. The number of para-hydroxylation sites is 2. The van der Waals surface area contributed by atoms with E-state index in [0.29, 0.717) is 0 Å². The Hall–Kier alpha value is -1.09. The van der Waals surface area contributed by atoms with Crippen LogP contribution in [0.15, 0.2) is 60.7 Å². The molecule has 0 amide bonds. The lowest BCUT2D eigenvalue weighted by atomic mass is 10.2. The molecule has 0 radical (unpaired) electrons. The highest BCUT2D eigenvalue weighted by Crippen LogP contribution is 2.41. The fourth-order valence-electron chi connectivity index (χ4n) is 2.76. The minimum Gasteiger partial charge on any atom is -0.346 e. The Bertz CT molecular complexity index is 536. The molecule has 0 atom stereocenters. The van der Waals surface area contributed by atoms with Crippen molar-refractivity contribution >= 4 is 46.2 Å². The highest BCUT2D eigenvalue weighted by molar-refractivity contribution is 6.68. The third-order valence-electron chi connectivity index (χ3n) is 3.64. The number of benzene rings is 2. The molecule has 0 unspecified atom stereocenters. The Morgan fingerprint density at radius 1 is 0.714 bits per heavy atom. The van der Waals surface area contributed by atoms with Gasteiger partial charge in [0.15, 0.2) is 6.17 Å². The summed E-state index contributed by atoms with van der Waals surface area (Å²) in [6.07, 6.45) is -0.327. The Labute approximate surface area is 139 Å². The first-order valence-corrected chi connectivity index (χ1v) is 7.91. The van der Waals surface area contributed by atoms with Gasteiger partial charge in [0.05, 0.1) is 0 Å². The van der Waals surface area contributed by atoms with Crippen LogP contribution in [0, 0.1) is 0 Å². The summed E-state index contributed by atoms with van der Waals surface area (Å²) in [4.78, 5) is 4.28. The van der Waals surface area contributed by atoms with E-state index < -0.39 is 3.79 Å². The third-order valence-corrected chi connectivity index (χ3v) is 4.23. The van der Waals surface area contributed by atoms with Crippen molar-refractivity contribution in [2.24, 2.45) is 0 Å². The van der Waals surface area contributed by atoms with Gasteiger partial charge in [0.1, 0.15) is 0 Å². The van der Waals surface area contributed by atoms with E-state index in [2.05, 4.69) is 9.80 Å². The molecular formula is C16H15Cl3N2. The van der Waals surface area contributed by atoms with Gasteiger partial charge in [-0.1, -0.05) is 71.2 Å². The van der Waals surface area contributed by atoms with Crippen LogP contribution < -0.4 is 9.80 Å². The van der Waals surface area contributed by atoms with Crippen LogP contribution in [0.4, 0.5) is 11.4 Å². The number of hydrogen-bond donors (Lipinski definition) is 0. The lowest BCUT2D eigenvalue weighted by molar-refractivity contribution is 0.681. The molecule has 2 aromatic carbocycles. The zero-order valence-electron chi connectivity index (χ0n) is 11.3. The molecule has 1 fully saturated rings. The number of halogens is 3. The lowest BCUT2D eigenvalue weighted by Crippen LogP contribution is -2.48. The molecule has 21 heavy (non-hydrogen) atoms. The highest BCUT2D eigenvalue weighted by atomic mass is 35.6. The molecule has 0 aromatic heterocycles. The van der Waals surface area contributed by atoms with Gasteiger partial charge < -0.3 is 9.80 Å². The van der Waals surface area contributed by atoms with Crippen molar-refractivity contribution in [3.63, 3.8) is 0 Å². The van der Waals surface area contributed by atoms with Gasteiger partial charge in [-0.25, -0.2) is 0 Å². The Balaban J connectivity index is 1.97. The largest absolute Gasteiger partial charge is 0.346 e. The number of anilines is 2. The molecule has 0 saturated carbocycles. The van der Waals surface area contributed by atoms with Gasteiger partial charge in [-0.2, -0.15) is 0 Å². The highest BCUT2D eigenvalue weighted by Gasteiger charge is 2.45. The van der Waals surface area contributed by atoms with Crippen molar-refractivity contribution < 1.29 is 0 Å². The van der Waals surface area contributed by atoms with Gasteiger partial charge in [0.25, 0.3) is 0 Å². The fourth-order valence-corrected chi connectivity index (χ4v) is 3.47. The second-order valence-corrected chi connectivity index (χ2v) is 7.34. The maximum absolute atomic E-state index is 6.28. The van der Waals surface area contributed by atoms with Gasteiger partial charge in [-0.3, -0.25) is 0 Å². The van der Waals surface area contributed by atoms with Crippen LogP contribution in [0.1, 0.15) is 0 Å². The van der Waals surface area contributed by atoms with E-state index in [1.807, 2.05) is 60.7 Å². The van der Waals surface area contributed by atoms with Gasteiger partial charge in [-0.15, -0.1) is 0 Å². The van der Waals surface area contributed by atoms with Crippen molar-refractivity contribution in [1.29, 1.82) is 0 Å². The first-order valence-electron chi connectivity index (χ1n) is 6.77. The molecule has 5 heteroatoms. The van der Waals surface area contributed by atoms with Crippen LogP contribution in [0.2, 0.25) is 0 Å². The summed E-state index contributed by atoms with van der Waals surface area (Å²) < 4.78 is -1.40. The van der Waals surface area contributed by atoms with Crippen LogP contribution in [0.3, 0.4) is 0 Å². The monoisotopic (exact) mass is 340 g/mol. The molecule has 0 aliphatic carbocycles. The van der Waals surface area contributed by atoms with E-state index in [-0.39, 0.29) is 6.17 Å². The van der Waals surface area contributed by atoms with Gasteiger partial charge in [-0.05, 0) is 24.3 Å². The third kappa shape index (κ3) is 3.08. The van der Waals surface area contributed by atoms with Crippen LogP contribution in [-0.2, 0) is 0 Å². The average molecular weight is 342 g/mol.